The lowest BCUT2D eigenvalue weighted by atomic mass is 10.2. The zero-order valence-corrected chi connectivity index (χ0v) is 15.1. The van der Waals surface area contributed by atoms with Crippen LogP contribution in [0.25, 0.3) is 0 Å². The van der Waals surface area contributed by atoms with Gasteiger partial charge in [0.2, 0.25) is 0 Å². The van der Waals surface area contributed by atoms with Gasteiger partial charge in [-0.1, -0.05) is 0 Å². The van der Waals surface area contributed by atoms with Gasteiger partial charge in [0.1, 0.15) is 5.60 Å². The quantitative estimate of drug-likeness (QED) is 0.745. The molecule has 0 bridgehead atoms. The van der Waals surface area contributed by atoms with E-state index < -0.39 is 5.60 Å². The molecule has 0 radical (unpaired) electrons. The molecule has 1 aromatic heterocycles. The molecule has 1 aromatic rings. The number of thiophene rings is 1. The van der Waals surface area contributed by atoms with Gasteiger partial charge in [-0.3, -0.25) is 0 Å². The van der Waals surface area contributed by atoms with Gasteiger partial charge >= 0.3 is 6.09 Å². The number of methoxy groups -OCH3 is 1. The fraction of sp³-hybridized carbons (Fsp3) is 0.688. The maximum absolute atomic E-state index is 12.2. The van der Waals surface area contributed by atoms with Crippen LogP contribution in [-0.4, -0.2) is 49.9 Å². The van der Waals surface area contributed by atoms with E-state index in [2.05, 4.69) is 23.7 Å². The molecule has 0 aliphatic rings. The Morgan fingerprint density at radius 3 is 2.64 bits per heavy atom. The second-order valence-electron chi connectivity index (χ2n) is 6.16. The van der Waals surface area contributed by atoms with Crippen LogP contribution in [0.1, 0.15) is 31.2 Å². The van der Waals surface area contributed by atoms with Crippen molar-refractivity contribution in [1.29, 1.82) is 0 Å². The molecular formula is C16H28N2O3S. The SMILES string of the molecule is COCCN(CCNCc1sccc1C)C(=O)OC(C)(C)C. The highest BCUT2D eigenvalue weighted by molar-refractivity contribution is 7.10. The van der Waals surface area contributed by atoms with E-state index in [1.54, 1.807) is 23.3 Å². The summed E-state index contributed by atoms with van der Waals surface area (Å²) in [4.78, 5) is 15.2. The van der Waals surface area contributed by atoms with E-state index in [4.69, 9.17) is 9.47 Å². The summed E-state index contributed by atoms with van der Waals surface area (Å²) in [5.41, 5.74) is 0.824. The average molecular weight is 328 g/mol. The van der Waals surface area contributed by atoms with Crippen LogP contribution in [0.2, 0.25) is 0 Å². The molecule has 1 rings (SSSR count). The molecule has 1 N–H and O–H groups in total. The van der Waals surface area contributed by atoms with Crippen molar-refractivity contribution in [3.8, 4) is 0 Å². The van der Waals surface area contributed by atoms with Crippen LogP contribution in [0, 0.1) is 6.92 Å². The minimum absolute atomic E-state index is 0.293. The average Bonchev–Trinajstić information content (AvgIpc) is 2.81. The number of hydrogen-bond acceptors (Lipinski definition) is 5. The number of carbonyl (C=O) groups excluding carboxylic acids is 1. The molecule has 22 heavy (non-hydrogen) atoms. The van der Waals surface area contributed by atoms with Gasteiger partial charge in [0.15, 0.2) is 0 Å². The fourth-order valence-corrected chi connectivity index (χ4v) is 2.70. The number of nitrogens with zero attached hydrogens (tertiary/aromatic N) is 1. The summed E-state index contributed by atoms with van der Waals surface area (Å²) < 4.78 is 10.5. The molecule has 0 atom stereocenters. The predicted molar refractivity (Wildman–Crippen MR) is 90.4 cm³/mol. The second kappa shape index (κ2) is 9.12. The zero-order chi connectivity index (χ0) is 16.6. The number of nitrogens with one attached hydrogen (secondary N) is 1. The number of amides is 1. The maximum Gasteiger partial charge on any atom is 0.410 e. The van der Waals surface area contributed by atoms with E-state index in [9.17, 15) is 4.79 Å². The number of hydrogen-bond donors (Lipinski definition) is 1. The van der Waals surface area contributed by atoms with E-state index >= 15 is 0 Å². The monoisotopic (exact) mass is 328 g/mol. The van der Waals surface area contributed by atoms with E-state index in [1.165, 1.54) is 10.4 Å². The molecule has 0 saturated carbocycles. The molecule has 5 nitrogen and oxygen atoms in total. The summed E-state index contributed by atoms with van der Waals surface area (Å²) in [7, 11) is 1.63. The molecule has 126 valence electrons. The second-order valence-corrected chi connectivity index (χ2v) is 7.16. The standard InChI is InChI=1S/C16H28N2O3S/c1-13-6-11-22-14(13)12-17-7-8-18(9-10-20-5)15(19)21-16(2,3)4/h6,11,17H,7-10,12H2,1-5H3. The number of aryl methyl sites for hydroxylation is 1. The fourth-order valence-electron chi connectivity index (χ4n) is 1.82. The summed E-state index contributed by atoms with van der Waals surface area (Å²) in [6.45, 7) is 10.9. The summed E-state index contributed by atoms with van der Waals surface area (Å²) in [5.74, 6) is 0. The lowest BCUT2D eigenvalue weighted by molar-refractivity contribution is 0.0204. The van der Waals surface area contributed by atoms with E-state index in [0.717, 1.165) is 13.1 Å². The summed E-state index contributed by atoms with van der Waals surface area (Å²) in [6, 6.07) is 2.12. The topological polar surface area (TPSA) is 50.8 Å². The molecule has 1 heterocycles. The lowest BCUT2D eigenvalue weighted by Gasteiger charge is -2.27. The Morgan fingerprint density at radius 1 is 1.36 bits per heavy atom. The van der Waals surface area contributed by atoms with Crippen molar-refractivity contribution in [3.05, 3.63) is 21.9 Å². The zero-order valence-electron chi connectivity index (χ0n) is 14.3. The molecule has 0 fully saturated rings. The van der Waals surface area contributed by atoms with Crippen LogP contribution in [0.5, 0.6) is 0 Å². The summed E-state index contributed by atoms with van der Waals surface area (Å²) >= 11 is 1.75. The lowest BCUT2D eigenvalue weighted by Crippen LogP contribution is -2.42. The van der Waals surface area contributed by atoms with Gasteiger partial charge in [0, 0.05) is 38.2 Å². The van der Waals surface area contributed by atoms with Crippen LogP contribution in [0.3, 0.4) is 0 Å². The van der Waals surface area contributed by atoms with Crippen molar-refractivity contribution in [2.75, 3.05) is 33.4 Å². The molecule has 0 spiro atoms. The minimum atomic E-state index is -0.482. The number of rotatable bonds is 8. The van der Waals surface area contributed by atoms with Gasteiger partial charge in [-0.15, -0.1) is 11.3 Å². The molecular weight excluding hydrogens is 300 g/mol. The number of carbonyl (C=O) groups is 1. The first-order valence-electron chi connectivity index (χ1n) is 7.54. The normalized spacial score (nSPS) is 11.5. The van der Waals surface area contributed by atoms with Crippen molar-refractivity contribution in [1.82, 2.24) is 10.2 Å². The summed E-state index contributed by atoms with van der Waals surface area (Å²) in [6.07, 6.45) is -0.293. The van der Waals surface area contributed by atoms with Crippen molar-refractivity contribution in [2.24, 2.45) is 0 Å². The Hall–Kier alpha value is -1.11. The van der Waals surface area contributed by atoms with Crippen molar-refractivity contribution in [2.45, 2.75) is 39.8 Å². The summed E-state index contributed by atoms with van der Waals surface area (Å²) in [5, 5.41) is 5.47. The van der Waals surface area contributed by atoms with Crippen LogP contribution >= 0.6 is 11.3 Å². The first-order chi connectivity index (χ1) is 10.3. The maximum atomic E-state index is 12.2. The third-order valence-electron chi connectivity index (χ3n) is 3.03. The highest BCUT2D eigenvalue weighted by Gasteiger charge is 2.21. The first kappa shape index (κ1) is 18.9. The van der Waals surface area contributed by atoms with Gasteiger partial charge in [0.05, 0.1) is 6.61 Å². The van der Waals surface area contributed by atoms with Gasteiger partial charge in [-0.25, -0.2) is 4.79 Å². The van der Waals surface area contributed by atoms with Crippen LogP contribution < -0.4 is 5.32 Å². The predicted octanol–water partition coefficient (Wildman–Crippen LogP) is 3.03. The molecule has 0 aliphatic carbocycles. The van der Waals surface area contributed by atoms with Gasteiger partial charge in [-0.05, 0) is 44.7 Å². The molecule has 6 heteroatoms. The Labute approximate surface area is 137 Å². The smallest absolute Gasteiger partial charge is 0.410 e. The third-order valence-corrected chi connectivity index (χ3v) is 4.05. The van der Waals surface area contributed by atoms with E-state index in [1.807, 2.05) is 20.8 Å². The van der Waals surface area contributed by atoms with Crippen molar-refractivity contribution < 1.29 is 14.3 Å². The number of ether oxygens (including phenoxy) is 2. The van der Waals surface area contributed by atoms with Crippen molar-refractivity contribution >= 4 is 17.4 Å². The molecule has 0 aliphatic heterocycles. The highest BCUT2D eigenvalue weighted by Crippen LogP contribution is 2.14. The van der Waals surface area contributed by atoms with Gasteiger partial charge in [0.25, 0.3) is 0 Å². The van der Waals surface area contributed by atoms with E-state index in [-0.39, 0.29) is 6.09 Å². The first-order valence-corrected chi connectivity index (χ1v) is 8.42. The highest BCUT2D eigenvalue weighted by atomic mass is 32.1. The van der Waals surface area contributed by atoms with Crippen molar-refractivity contribution in [3.63, 3.8) is 0 Å². The van der Waals surface area contributed by atoms with Gasteiger partial charge in [-0.2, -0.15) is 0 Å². The largest absolute Gasteiger partial charge is 0.444 e. The molecule has 0 saturated heterocycles. The van der Waals surface area contributed by atoms with Crippen LogP contribution in [-0.2, 0) is 16.0 Å². The Kier molecular flexibility index (Phi) is 7.85. The minimum Gasteiger partial charge on any atom is -0.444 e. The molecule has 0 aromatic carbocycles. The third kappa shape index (κ3) is 7.24. The van der Waals surface area contributed by atoms with E-state index in [0.29, 0.717) is 19.7 Å². The van der Waals surface area contributed by atoms with Gasteiger partial charge < -0.3 is 19.7 Å². The molecule has 0 unspecified atom stereocenters. The Balaban J connectivity index is 2.40. The Morgan fingerprint density at radius 2 is 2.09 bits per heavy atom. The van der Waals surface area contributed by atoms with Crippen LogP contribution in [0.15, 0.2) is 11.4 Å². The molecule has 1 amide bonds. The van der Waals surface area contributed by atoms with Crippen LogP contribution in [0.4, 0.5) is 4.79 Å². The Bertz CT molecular complexity index is 454.